The number of anilines is 1. The number of hydrogen-bond acceptors (Lipinski definition) is 5. The number of halogens is 2. The summed E-state index contributed by atoms with van der Waals surface area (Å²) in [6, 6.07) is 8.15. The van der Waals surface area contributed by atoms with Crippen molar-refractivity contribution in [3.63, 3.8) is 0 Å². The number of nitrogens with one attached hydrogen (secondary N) is 1. The standard InChI is InChI=1S/C17H16Cl2N2O4/c1-10(17(23)21-13-4-3-7-20-16(13)19)25-15(22)9-11-8-12(18)5-6-14(11)24-2/h3-8,10H,9H2,1-2H3,(H,21,23)/t10-/m0/s1. The van der Waals surface area contributed by atoms with E-state index in [0.29, 0.717) is 22.0 Å². The third kappa shape index (κ3) is 5.34. The first-order valence-electron chi connectivity index (χ1n) is 7.34. The number of hydrogen-bond donors (Lipinski definition) is 1. The van der Waals surface area contributed by atoms with Crippen LogP contribution in [-0.2, 0) is 20.7 Å². The molecule has 0 fully saturated rings. The van der Waals surface area contributed by atoms with Crippen LogP contribution in [0.5, 0.6) is 5.75 Å². The lowest BCUT2D eigenvalue weighted by Crippen LogP contribution is -2.30. The van der Waals surface area contributed by atoms with E-state index in [4.69, 9.17) is 32.7 Å². The normalized spacial score (nSPS) is 11.5. The molecule has 0 saturated carbocycles. The molecule has 25 heavy (non-hydrogen) atoms. The monoisotopic (exact) mass is 382 g/mol. The SMILES string of the molecule is COc1ccc(Cl)cc1CC(=O)O[C@@H](C)C(=O)Nc1cccnc1Cl. The number of esters is 1. The second-order valence-electron chi connectivity index (χ2n) is 5.10. The lowest BCUT2D eigenvalue weighted by Gasteiger charge is -2.14. The summed E-state index contributed by atoms with van der Waals surface area (Å²) in [5.74, 6) is -0.581. The first-order chi connectivity index (χ1) is 11.9. The molecule has 8 heteroatoms. The Morgan fingerprint density at radius 1 is 1.28 bits per heavy atom. The molecule has 1 aromatic carbocycles. The Hall–Kier alpha value is -2.31. The highest BCUT2D eigenvalue weighted by atomic mass is 35.5. The van der Waals surface area contributed by atoms with Gasteiger partial charge < -0.3 is 14.8 Å². The molecule has 0 saturated heterocycles. The van der Waals surface area contributed by atoms with Crippen LogP contribution in [-0.4, -0.2) is 30.1 Å². The average Bonchev–Trinajstić information content (AvgIpc) is 2.57. The molecular weight excluding hydrogens is 367 g/mol. The molecule has 2 rings (SSSR count). The van der Waals surface area contributed by atoms with Crippen molar-refractivity contribution in [2.75, 3.05) is 12.4 Å². The summed E-state index contributed by atoms with van der Waals surface area (Å²) in [6.07, 6.45) is 0.420. The summed E-state index contributed by atoms with van der Waals surface area (Å²) >= 11 is 11.8. The molecule has 132 valence electrons. The fraction of sp³-hybridized carbons (Fsp3) is 0.235. The van der Waals surface area contributed by atoms with Crippen molar-refractivity contribution in [1.29, 1.82) is 0 Å². The van der Waals surface area contributed by atoms with Gasteiger partial charge in [-0.1, -0.05) is 23.2 Å². The largest absolute Gasteiger partial charge is 0.496 e. The van der Waals surface area contributed by atoms with Gasteiger partial charge in [0, 0.05) is 16.8 Å². The highest BCUT2D eigenvalue weighted by molar-refractivity contribution is 6.32. The number of carbonyl (C=O) groups excluding carboxylic acids is 2. The van der Waals surface area contributed by atoms with Crippen LogP contribution >= 0.6 is 23.2 Å². The van der Waals surface area contributed by atoms with Crippen LogP contribution in [0, 0.1) is 0 Å². The minimum atomic E-state index is -1.01. The summed E-state index contributed by atoms with van der Waals surface area (Å²) in [4.78, 5) is 28.0. The van der Waals surface area contributed by atoms with Gasteiger partial charge in [-0.2, -0.15) is 0 Å². The van der Waals surface area contributed by atoms with Gasteiger partial charge in [0.05, 0.1) is 19.2 Å². The van der Waals surface area contributed by atoms with Gasteiger partial charge >= 0.3 is 5.97 Å². The number of methoxy groups -OCH3 is 1. The zero-order valence-corrected chi connectivity index (χ0v) is 15.1. The van der Waals surface area contributed by atoms with Gasteiger partial charge in [0.15, 0.2) is 11.3 Å². The molecule has 0 aliphatic rings. The lowest BCUT2D eigenvalue weighted by molar-refractivity contribution is -0.152. The third-order valence-electron chi connectivity index (χ3n) is 3.27. The Balaban J connectivity index is 1.97. The Kier molecular flexibility index (Phi) is 6.61. The van der Waals surface area contributed by atoms with Crippen LogP contribution in [0.25, 0.3) is 0 Å². The Morgan fingerprint density at radius 2 is 2.04 bits per heavy atom. The van der Waals surface area contributed by atoms with Gasteiger partial charge in [-0.3, -0.25) is 9.59 Å². The Bertz CT molecular complexity index is 783. The predicted octanol–water partition coefficient (Wildman–Crippen LogP) is 3.51. The van der Waals surface area contributed by atoms with E-state index in [9.17, 15) is 9.59 Å². The number of aromatic nitrogens is 1. The zero-order chi connectivity index (χ0) is 18.4. The third-order valence-corrected chi connectivity index (χ3v) is 3.81. The van der Waals surface area contributed by atoms with E-state index < -0.39 is 18.0 Å². The maximum Gasteiger partial charge on any atom is 0.311 e. The number of rotatable bonds is 6. The van der Waals surface area contributed by atoms with E-state index in [0.717, 1.165) is 0 Å². The van der Waals surface area contributed by atoms with E-state index in [1.807, 2.05) is 0 Å². The molecule has 2 aromatic rings. The van der Waals surface area contributed by atoms with Crippen LogP contribution in [0.1, 0.15) is 12.5 Å². The van der Waals surface area contributed by atoms with Gasteiger partial charge in [0.1, 0.15) is 5.75 Å². The van der Waals surface area contributed by atoms with Crippen molar-refractivity contribution in [3.8, 4) is 5.75 Å². The maximum absolute atomic E-state index is 12.1. The molecular formula is C17H16Cl2N2O4. The summed E-state index contributed by atoms with van der Waals surface area (Å²) in [5.41, 5.74) is 0.913. The molecule has 6 nitrogen and oxygen atoms in total. The van der Waals surface area contributed by atoms with Crippen LogP contribution < -0.4 is 10.1 Å². The summed E-state index contributed by atoms with van der Waals surface area (Å²) in [5, 5.41) is 3.18. The highest BCUT2D eigenvalue weighted by Crippen LogP contribution is 2.23. The first kappa shape index (κ1) is 19.0. The van der Waals surface area contributed by atoms with Gasteiger partial charge in [0.25, 0.3) is 5.91 Å². The predicted molar refractivity (Wildman–Crippen MR) is 95.1 cm³/mol. The molecule has 0 aliphatic heterocycles. The van der Waals surface area contributed by atoms with Crippen molar-refractivity contribution < 1.29 is 19.1 Å². The maximum atomic E-state index is 12.1. The Morgan fingerprint density at radius 3 is 2.72 bits per heavy atom. The molecule has 0 radical (unpaired) electrons. The number of carbonyl (C=O) groups is 2. The van der Waals surface area contributed by atoms with E-state index in [2.05, 4.69) is 10.3 Å². The summed E-state index contributed by atoms with van der Waals surface area (Å²) in [6.45, 7) is 1.46. The quantitative estimate of drug-likeness (QED) is 0.610. The smallest absolute Gasteiger partial charge is 0.311 e. The number of ether oxygens (including phenoxy) is 2. The molecule has 0 aliphatic carbocycles. The van der Waals surface area contributed by atoms with Crippen molar-refractivity contribution in [1.82, 2.24) is 4.98 Å². The van der Waals surface area contributed by atoms with E-state index >= 15 is 0 Å². The molecule has 0 bridgehead atoms. The van der Waals surface area contributed by atoms with Crippen LogP contribution in [0.4, 0.5) is 5.69 Å². The van der Waals surface area contributed by atoms with Gasteiger partial charge in [-0.25, -0.2) is 4.98 Å². The number of nitrogens with zero attached hydrogens (tertiary/aromatic N) is 1. The molecule has 1 atom stereocenters. The zero-order valence-electron chi connectivity index (χ0n) is 13.6. The second-order valence-corrected chi connectivity index (χ2v) is 5.89. The average molecular weight is 383 g/mol. The van der Waals surface area contributed by atoms with E-state index in [1.165, 1.54) is 20.2 Å². The van der Waals surface area contributed by atoms with Crippen molar-refractivity contribution >= 4 is 40.8 Å². The topological polar surface area (TPSA) is 77.5 Å². The molecule has 1 N–H and O–H groups in total. The van der Waals surface area contributed by atoms with Crippen molar-refractivity contribution in [2.24, 2.45) is 0 Å². The molecule has 1 amide bonds. The number of amides is 1. The molecule has 1 aromatic heterocycles. The minimum absolute atomic E-state index is 0.0744. The van der Waals surface area contributed by atoms with Gasteiger partial charge in [0.2, 0.25) is 0 Å². The summed E-state index contributed by atoms with van der Waals surface area (Å²) < 4.78 is 10.3. The van der Waals surface area contributed by atoms with Crippen LogP contribution in [0.2, 0.25) is 10.2 Å². The number of benzene rings is 1. The Labute approximate surface area is 155 Å². The fourth-order valence-corrected chi connectivity index (χ4v) is 2.41. The highest BCUT2D eigenvalue weighted by Gasteiger charge is 2.20. The number of pyridine rings is 1. The van der Waals surface area contributed by atoms with Crippen LogP contribution in [0.15, 0.2) is 36.5 Å². The molecule has 1 heterocycles. The van der Waals surface area contributed by atoms with Crippen LogP contribution in [0.3, 0.4) is 0 Å². The van der Waals surface area contributed by atoms with Crippen molar-refractivity contribution in [2.45, 2.75) is 19.4 Å². The lowest BCUT2D eigenvalue weighted by atomic mass is 10.1. The van der Waals surface area contributed by atoms with E-state index in [1.54, 1.807) is 30.3 Å². The fourth-order valence-electron chi connectivity index (χ4n) is 2.05. The molecule has 0 unspecified atom stereocenters. The minimum Gasteiger partial charge on any atom is -0.496 e. The van der Waals surface area contributed by atoms with Crippen molar-refractivity contribution in [3.05, 3.63) is 52.3 Å². The van der Waals surface area contributed by atoms with Gasteiger partial charge in [-0.05, 0) is 37.3 Å². The molecule has 0 spiro atoms. The first-order valence-corrected chi connectivity index (χ1v) is 8.09. The van der Waals surface area contributed by atoms with E-state index in [-0.39, 0.29) is 11.6 Å². The second kappa shape index (κ2) is 8.69. The van der Waals surface area contributed by atoms with Gasteiger partial charge in [-0.15, -0.1) is 0 Å². The summed E-state index contributed by atoms with van der Waals surface area (Å²) in [7, 11) is 1.49.